The minimum atomic E-state index is -4.02. The Hall–Kier alpha value is -3.35. The van der Waals surface area contributed by atoms with Gasteiger partial charge >= 0.3 is 10.1 Å². The molecule has 0 amide bonds. The monoisotopic (exact) mass is 436 g/mol. The van der Waals surface area contributed by atoms with Crippen molar-refractivity contribution in [3.8, 4) is 22.8 Å². The molecule has 0 unspecified atom stereocenters. The molecule has 0 spiro atoms. The molecule has 4 rings (SSSR count). The van der Waals surface area contributed by atoms with Crippen molar-refractivity contribution >= 4 is 27.8 Å². The van der Waals surface area contributed by atoms with Gasteiger partial charge in [0, 0.05) is 16.7 Å². The number of aromatic nitrogens is 2. The number of benzene rings is 3. The molecule has 5 nitrogen and oxygen atoms in total. The van der Waals surface area contributed by atoms with E-state index in [0.717, 1.165) is 16.5 Å². The van der Waals surface area contributed by atoms with Crippen molar-refractivity contribution in [3.63, 3.8) is 0 Å². The molecule has 1 aromatic heterocycles. The van der Waals surface area contributed by atoms with Crippen LogP contribution >= 0.6 is 11.6 Å². The Bertz CT molecular complexity index is 1280. The van der Waals surface area contributed by atoms with Crippen LogP contribution in [0.3, 0.4) is 0 Å². The lowest BCUT2D eigenvalue weighted by atomic mass is 10.2. The van der Waals surface area contributed by atoms with E-state index < -0.39 is 10.1 Å². The summed E-state index contributed by atoms with van der Waals surface area (Å²) in [6.45, 7) is 0. The third kappa shape index (κ3) is 4.79. The van der Waals surface area contributed by atoms with E-state index in [9.17, 15) is 8.42 Å². The van der Waals surface area contributed by atoms with Crippen molar-refractivity contribution in [3.05, 3.63) is 107 Å². The van der Waals surface area contributed by atoms with E-state index >= 15 is 0 Å². The van der Waals surface area contributed by atoms with Gasteiger partial charge in [0.05, 0.1) is 16.8 Å². The zero-order valence-corrected chi connectivity index (χ0v) is 17.3. The van der Waals surface area contributed by atoms with Crippen LogP contribution in [0.1, 0.15) is 5.56 Å². The first-order valence-electron chi connectivity index (χ1n) is 9.09. The summed E-state index contributed by atoms with van der Waals surface area (Å²) in [6.07, 6.45) is 1.48. The molecule has 0 aliphatic carbocycles. The maximum absolute atomic E-state index is 12.6. The Morgan fingerprint density at radius 2 is 1.57 bits per heavy atom. The molecule has 0 saturated heterocycles. The average molecular weight is 437 g/mol. The van der Waals surface area contributed by atoms with Crippen LogP contribution in [0.5, 0.6) is 5.88 Å². The zero-order chi connectivity index (χ0) is 21.0. The highest BCUT2D eigenvalue weighted by Crippen LogP contribution is 2.28. The van der Waals surface area contributed by atoms with Gasteiger partial charge in [-0.3, -0.25) is 0 Å². The van der Waals surface area contributed by atoms with Crippen molar-refractivity contribution in [1.82, 2.24) is 9.78 Å². The molecule has 1 heterocycles. The minimum Gasteiger partial charge on any atom is -0.358 e. The molecule has 0 saturated carbocycles. The summed E-state index contributed by atoms with van der Waals surface area (Å²) in [5.74, 6) is 0.0637. The fourth-order valence-corrected chi connectivity index (χ4v) is 3.76. The van der Waals surface area contributed by atoms with Gasteiger partial charge in [0.15, 0.2) is 0 Å². The second-order valence-corrected chi connectivity index (χ2v) is 8.28. The van der Waals surface area contributed by atoms with E-state index in [0.29, 0.717) is 16.4 Å². The normalized spacial score (nSPS) is 11.6. The van der Waals surface area contributed by atoms with Crippen LogP contribution in [-0.4, -0.2) is 18.2 Å². The third-order valence-corrected chi connectivity index (χ3v) is 5.33. The highest BCUT2D eigenvalue weighted by atomic mass is 35.5. The van der Waals surface area contributed by atoms with E-state index in [1.807, 2.05) is 48.5 Å². The summed E-state index contributed by atoms with van der Waals surface area (Å²) >= 11 is 6.11. The molecule has 0 fully saturated rings. The molecule has 3 aromatic carbocycles. The van der Waals surface area contributed by atoms with Crippen molar-refractivity contribution in [1.29, 1.82) is 0 Å². The van der Waals surface area contributed by atoms with Crippen molar-refractivity contribution in [2.24, 2.45) is 0 Å². The van der Waals surface area contributed by atoms with Gasteiger partial charge in [-0.05, 0) is 29.8 Å². The Balaban J connectivity index is 1.72. The molecule has 0 N–H and O–H groups in total. The molecular weight excluding hydrogens is 420 g/mol. The van der Waals surface area contributed by atoms with Crippen molar-refractivity contribution in [2.45, 2.75) is 0 Å². The zero-order valence-electron chi connectivity index (χ0n) is 15.7. The number of halogens is 1. The van der Waals surface area contributed by atoms with Gasteiger partial charge in [0.25, 0.3) is 0 Å². The summed E-state index contributed by atoms with van der Waals surface area (Å²) in [6, 6.07) is 27.1. The quantitative estimate of drug-likeness (QED) is 0.370. The van der Waals surface area contributed by atoms with Crippen LogP contribution in [0.4, 0.5) is 0 Å². The standard InChI is InChI=1S/C23H17ClN2O3S/c24-20-12-7-13-21(16-20)26-23(17-22(25-26)19-10-5-2-6-11-19)29-30(27,28)15-14-18-8-3-1-4-9-18/h1-17H/b15-14+. The van der Waals surface area contributed by atoms with E-state index in [2.05, 4.69) is 5.10 Å². The van der Waals surface area contributed by atoms with Crippen LogP contribution in [0.25, 0.3) is 23.0 Å². The van der Waals surface area contributed by atoms with Gasteiger partial charge in [-0.15, -0.1) is 0 Å². The molecule has 0 atom stereocenters. The lowest BCUT2D eigenvalue weighted by Gasteiger charge is -2.07. The molecule has 0 aliphatic rings. The maximum Gasteiger partial charge on any atom is 0.333 e. The fraction of sp³-hybridized carbons (Fsp3) is 0. The Labute approximate surface area is 180 Å². The van der Waals surface area contributed by atoms with Crippen LogP contribution in [0.15, 0.2) is 96.4 Å². The predicted molar refractivity (Wildman–Crippen MR) is 119 cm³/mol. The SMILES string of the molecule is O=S(=O)(/C=C/c1ccccc1)Oc1cc(-c2ccccc2)nn1-c1cccc(Cl)c1. The Morgan fingerprint density at radius 3 is 2.27 bits per heavy atom. The Morgan fingerprint density at radius 1 is 0.867 bits per heavy atom. The maximum atomic E-state index is 12.6. The van der Waals surface area contributed by atoms with Crippen LogP contribution in [0.2, 0.25) is 5.02 Å². The van der Waals surface area contributed by atoms with Crippen molar-refractivity contribution in [2.75, 3.05) is 0 Å². The van der Waals surface area contributed by atoms with E-state index in [-0.39, 0.29) is 5.88 Å². The van der Waals surface area contributed by atoms with Gasteiger partial charge < -0.3 is 4.18 Å². The largest absolute Gasteiger partial charge is 0.358 e. The number of rotatable bonds is 6. The smallest absolute Gasteiger partial charge is 0.333 e. The molecular formula is C23H17ClN2O3S. The lowest BCUT2D eigenvalue weighted by molar-refractivity contribution is 0.474. The molecule has 30 heavy (non-hydrogen) atoms. The van der Waals surface area contributed by atoms with E-state index in [1.165, 1.54) is 10.8 Å². The highest BCUT2D eigenvalue weighted by Gasteiger charge is 2.18. The molecule has 7 heteroatoms. The van der Waals surface area contributed by atoms with E-state index in [4.69, 9.17) is 15.8 Å². The average Bonchev–Trinajstić information content (AvgIpc) is 3.17. The van der Waals surface area contributed by atoms with Gasteiger partial charge in [-0.1, -0.05) is 78.3 Å². The third-order valence-electron chi connectivity index (χ3n) is 4.23. The van der Waals surface area contributed by atoms with Crippen LogP contribution in [0, 0.1) is 0 Å². The molecule has 0 aliphatic heterocycles. The second kappa shape index (κ2) is 8.57. The number of nitrogens with zero attached hydrogens (tertiary/aromatic N) is 2. The van der Waals surface area contributed by atoms with Gasteiger partial charge in [-0.25, -0.2) is 0 Å². The molecule has 0 radical (unpaired) electrons. The fourth-order valence-electron chi connectivity index (χ4n) is 2.84. The highest BCUT2D eigenvalue weighted by molar-refractivity contribution is 7.90. The van der Waals surface area contributed by atoms with Crippen LogP contribution in [-0.2, 0) is 10.1 Å². The predicted octanol–water partition coefficient (Wildman–Crippen LogP) is 5.57. The summed E-state index contributed by atoms with van der Waals surface area (Å²) < 4.78 is 32.0. The first kappa shape index (κ1) is 19.9. The van der Waals surface area contributed by atoms with Gasteiger partial charge in [0.1, 0.15) is 0 Å². The minimum absolute atomic E-state index is 0.0637. The van der Waals surface area contributed by atoms with E-state index in [1.54, 1.807) is 42.5 Å². The summed E-state index contributed by atoms with van der Waals surface area (Å²) in [5, 5.41) is 6.07. The van der Waals surface area contributed by atoms with Crippen molar-refractivity contribution < 1.29 is 12.6 Å². The van der Waals surface area contributed by atoms with Crippen LogP contribution < -0.4 is 4.18 Å². The molecule has 0 bridgehead atoms. The number of hydrogen-bond acceptors (Lipinski definition) is 4. The van der Waals surface area contributed by atoms with Gasteiger partial charge in [-0.2, -0.15) is 18.2 Å². The van der Waals surface area contributed by atoms with Gasteiger partial charge in [0.2, 0.25) is 5.88 Å². The lowest BCUT2D eigenvalue weighted by Crippen LogP contribution is -2.09. The Kier molecular flexibility index (Phi) is 5.70. The topological polar surface area (TPSA) is 61.2 Å². The first-order valence-corrected chi connectivity index (χ1v) is 10.9. The summed E-state index contributed by atoms with van der Waals surface area (Å²) in [5.41, 5.74) is 2.74. The second-order valence-electron chi connectivity index (χ2n) is 6.42. The molecule has 150 valence electrons. The summed E-state index contributed by atoms with van der Waals surface area (Å²) in [4.78, 5) is 0. The molecule has 4 aromatic rings. The summed E-state index contributed by atoms with van der Waals surface area (Å²) in [7, 11) is -4.02. The first-order chi connectivity index (χ1) is 14.5. The number of hydrogen-bond donors (Lipinski definition) is 0.